The number of aromatic nitrogens is 6. The molecule has 0 unspecified atom stereocenters. The van der Waals surface area contributed by atoms with Gasteiger partial charge in [-0.2, -0.15) is 0 Å². The Hall–Kier alpha value is -4.32. The maximum Gasteiger partial charge on any atom is 0.117 e. The smallest absolute Gasteiger partial charge is 0.117 e. The molecule has 4 fully saturated rings. The highest BCUT2D eigenvalue weighted by atomic mass is 15.0. The standard InChI is InChI=1S/C52H56N6/c1-49(2)29-17-25-9-13-37(53-41(25)33(49)21-29)45-46(38-14-10-26-18-30-22-34(42(26)54-38)50(30,3)4)58-48(40-16-12-28-20-32-24-36(44(28)56-40)52(32,7)8)47(57-45)39-15-11-27-19-31-23-35(43(27)55-39)51(31,5)6/h9-16,29-36H,17-24H2,1-8H3/t29-,30-,31-,32-,33-,34-,35-,36-/m1/s1. The molecule has 5 aromatic heterocycles. The van der Waals surface area contributed by atoms with E-state index >= 15 is 0 Å². The minimum absolute atomic E-state index is 0.268. The van der Waals surface area contributed by atoms with Crippen molar-refractivity contribution >= 4 is 0 Å². The SMILES string of the molecule is CC1(C)[C@@H]2Cc3ccc(-c4nc(-c5ccc6c(n5)[C@H]5C[C@@H](C6)C5(C)C)c(-c5ccc6c(n5)[C@H]5C[C@@H](C6)C5(C)C)nc4-c4ccc5c(n4)[C@H]4C[C@@H](C5)C4(C)C)nc3[C@H]1C2. The topological polar surface area (TPSA) is 77.3 Å². The summed E-state index contributed by atoms with van der Waals surface area (Å²) in [5, 5.41) is 0. The largest absolute Gasteiger partial charge is 0.251 e. The first kappa shape index (κ1) is 34.5. The van der Waals surface area contributed by atoms with Crippen molar-refractivity contribution in [3.05, 3.63) is 93.6 Å². The van der Waals surface area contributed by atoms with E-state index < -0.39 is 0 Å². The van der Waals surface area contributed by atoms with E-state index in [0.29, 0.717) is 23.7 Å². The molecular weight excluding hydrogens is 709 g/mol. The second kappa shape index (κ2) is 10.9. The van der Waals surface area contributed by atoms with Gasteiger partial charge >= 0.3 is 0 Å². The third kappa shape index (κ3) is 4.30. The molecule has 294 valence electrons. The lowest BCUT2D eigenvalue weighted by Gasteiger charge is -2.56. The lowest BCUT2D eigenvalue weighted by molar-refractivity contribution is 0.0155. The zero-order chi connectivity index (χ0) is 39.4. The third-order valence-electron chi connectivity index (χ3n) is 19.0. The van der Waals surface area contributed by atoms with Gasteiger partial charge in [0, 0.05) is 46.4 Å². The first-order chi connectivity index (χ1) is 27.7. The molecule has 8 atom stereocenters. The van der Waals surface area contributed by atoms with Crippen LogP contribution in [0.3, 0.4) is 0 Å². The van der Waals surface area contributed by atoms with E-state index in [1.54, 1.807) is 0 Å². The van der Waals surface area contributed by atoms with Crippen molar-refractivity contribution in [3.8, 4) is 45.6 Å². The summed E-state index contributed by atoms with van der Waals surface area (Å²) in [5.74, 6) is 4.83. The first-order valence-electron chi connectivity index (χ1n) is 22.6. The fourth-order valence-electron chi connectivity index (χ4n) is 14.0. The van der Waals surface area contributed by atoms with Gasteiger partial charge in [0.05, 0.1) is 22.8 Å². The van der Waals surface area contributed by atoms with E-state index in [2.05, 4.69) is 104 Å². The Morgan fingerprint density at radius 3 is 0.759 bits per heavy atom. The van der Waals surface area contributed by atoms with Crippen LogP contribution in [0.5, 0.6) is 0 Å². The van der Waals surface area contributed by atoms with Crippen molar-refractivity contribution in [3.63, 3.8) is 0 Å². The summed E-state index contributed by atoms with van der Waals surface area (Å²) < 4.78 is 0. The summed E-state index contributed by atoms with van der Waals surface area (Å²) in [6.07, 6.45) is 9.35. The fraction of sp³-hybridized carbons (Fsp3) is 0.538. The van der Waals surface area contributed by atoms with Crippen LogP contribution in [-0.4, -0.2) is 29.9 Å². The summed E-state index contributed by atoms with van der Waals surface area (Å²) in [5.41, 5.74) is 18.5. The average Bonchev–Trinajstić information content (AvgIpc) is 3.23. The van der Waals surface area contributed by atoms with E-state index in [0.717, 1.165) is 94.9 Å². The molecule has 12 aliphatic carbocycles. The molecule has 0 radical (unpaired) electrons. The van der Waals surface area contributed by atoms with Crippen LogP contribution in [0.1, 0.15) is 150 Å². The molecule has 17 rings (SSSR count). The van der Waals surface area contributed by atoms with Crippen molar-refractivity contribution in [1.82, 2.24) is 29.9 Å². The van der Waals surface area contributed by atoms with E-state index in [1.165, 1.54) is 70.7 Å². The molecule has 12 aliphatic rings. The van der Waals surface area contributed by atoms with Gasteiger partial charge in [-0.3, -0.25) is 19.9 Å². The number of pyridine rings is 4. The Morgan fingerprint density at radius 1 is 0.328 bits per heavy atom. The van der Waals surface area contributed by atoms with Crippen LogP contribution in [0, 0.1) is 45.3 Å². The van der Waals surface area contributed by atoms with E-state index in [-0.39, 0.29) is 21.7 Å². The molecule has 0 saturated heterocycles. The van der Waals surface area contributed by atoms with Crippen molar-refractivity contribution in [2.45, 2.75) is 130 Å². The second-order valence-corrected chi connectivity index (χ2v) is 22.6. The molecule has 5 aromatic rings. The molecular formula is C52H56N6. The van der Waals surface area contributed by atoms with Crippen LogP contribution in [0.25, 0.3) is 45.6 Å². The summed E-state index contributed by atoms with van der Waals surface area (Å²) in [6.45, 7) is 19.5. The van der Waals surface area contributed by atoms with Crippen LogP contribution >= 0.6 is 0 Å². The molecule has 0 amide bonds. The lowest BCUT2D eigenvalue weighted by atomic mass is 9.48. The Balaban J connectivity index is 1.05. The molecule has 58 heavy (non-hydrogen) atoms. The quantitative estimate of drug-likeness (QED) is 0.181. The summed E-state index contributed by atoms with van der Waals surface area (Å²) in [4.78, 5) is 33.9. The van der Waals surface area contributed by atoms with Crippen LogP contribution in [0.15, 0.2) is 48.5 Å². The average molecular weight is 765 g/mol. The fourth-order valence-corrected chi connectivity index (χ4v) is 14.0. The highest BCUT2D eigenvalue weighted by Crippen LogP contribution is 2.65. The van der Waals surface area contributed by atoms with Crippen molar-refractivity contribution < 1.29 is 0 Å². The molecule has 0 spiro atoms. The van der Waals surface area contributed by atoms with Gasteiger partial charge in [0.15, 0.2) is 0 Å². The van der Waals surface area contributed by atoms with Gasteiger partial charge in [-0.1, -0.05) is 79.7 Å². The zero-order valence-electron chi connectivity index (χ0n) is 35.6. The number of rotatable bonds is 4. The maximum absolute atomic E-state index is 5.78. The van der Waals surface area contributed by atoms with Gasteiger partial charge < -0.3 is 0 Å². The minimum Gasteiger partial charge on any atom is -0.251 e. The predicted molar refractivity (Wildman–Crippen MR) is 228 cm³/mol. The number of hydrogen-bond acceptors (Lipinski definition) is 6. The van der Waals surface area contributed by atoms with Gasteiger partial charge in [0.25, 0.3) is 0 Å². The van der Waals surface area contributed by atoms with E-state index in [9.17, 15) is 0 Å². The van der Waals surface area contributed by atoms with Crippen LogP contribution in [0.2, 0.25) is 0 Å². The van der Waals surface area contributed by atoms with Crippen LogP contribution < -0.4 is 0 Å². The normalized spacial score (nSPS) is 32.1. The van der Waals surface area contributed by atoms with Gasteiger partial charge in [0.1, 0.15) is 22.8 Å². The number of hydrogen-bond donors (Lipinski definition) is 0. The predicted octanol–water partition coefficient (Wildman–Crippen LogP) is 11.5. The Kier molecular flexibility index (Phi) is 6.48. The Labute approximate surface area is 343 Å². The van der Waals surface area contributed by atoms with E-state index in [1.807, 2.05) is 0 Å². The van der Waals surface area contributed by atoms with E-state index in [4.69, 9.17) is 29.9 Å². The zero-order valence-corrected chi connectivity index (χ0v) is 35.6. The molecule has 5 heterocycles. The molecule has 0 N–H and O–H groups in total. The third-order valence-corrected chi connectivity index (χ3v) is 19.0. The highest BCUT2D eigenvalue weighted by Gasteiger charge is 2.56. The lowest BCUT2D eigenvalue weighted by Crippen LogP contribution is -2.48. The molecule has 4 saturated carbocycles. The van der Waals surface area contributed by atoms with Gasteiger partial charge in [-0.15, -0.1) is 0 Å². The molecule has 6 nitrogen and oxygen atoms in total. The second-order valence-electron chi connectivity index (χ2n) is 22.6. The number of nitrogens with zero attached hydrogens (tertiary/aromatic N) is 6. The van der Waals surface area contributed by atoms with Crippen molar-refractivity contribution in [1.29, 1.82) is 0 Å². The maximum atomic E-state index is 5.78. The first-order valence-corrected chi connectivity index (χ1v) is 22.6. The molecule has 0 aromatic carbocycles. The monoisotopic (exact) mass is 764 g/mol. The summed E-state index contributed by atoms with van der Waals surface area (Å²) >= 11 is 0. The Bertz CT molecular complexity index is 2310. The summed E-state index contributed by atoms with van der Waals surface area (Å²) in [7, 11) is 0. The van der Waals surface area contributed by atoms with Crippen LogP contribution in [0.4, 0.5) is 0 Å². The minimum atomic E-state index is 0.268. The highest BCUT2D eigenvalue weighted by molar-refractivity contribution is 5.83. The Morgan fingerprint density at radius 2 is 0.552 bits per heavy atom. The molecule has 0 aliphatic heterocycles. The van der Waals surface area contributed by atoms with Crippen LogP contribution in [-0.2, 0) is 25.7 Å². The summed E-state index contributed by atoms with van der Waals surface area (Å²) in [6, 6.07) is 18.2. The molecule has 6 heteroatoms. The molecule has 8 bridgehead atoms. The van der Waals surface area contributed by atoms with Gasteiger partial charge in [-0.05, 0) is 143 Å². The van der Waals surface area contributed by atoms with Crippen molar-refractivity contribution in [2.75, 3.05) is 0 Å². The van der Waals surface area contributed by atoms with Gasteiger partial charge in [0.2, 0.25) is 0 Å². The van der Waals surface area contributed by atoms with Crippen molar-refractivity contribution in [2.24, 2.45) is 45.3 Å². The van der Waals surface area contributed by atoms with Gasteiger partial charge in [-0.25, -0.2) is 9.97 Å².